The number of aliphatic hydroxyl groups is 1. The average molecular weight is 280 g/mol. The second-order valence-electron chi connectivity index (χ2n) is 7.27. The van der Waals surface area contributed by atoms with Gasteiger partial charge in [-0.3, -0.25) is 0 Å². The van der Waals surface area contributed by atoms with Gasteiger partial charge >= 0.3 is 0 Å². The van der Waals surface area contributed by atoms with Crippen molar-refractivity contribution in [1.29, 1.82) is 0 Å². The van der Waals surface area contributed by atoms with Crippen LogP contribution in [0, 0.1) is 5.41 Å². The second-order valence-corrected chi connectivity index (χ2v) is 7.27. The largest absolute Gasteiger partial charge is 0.388 e. The monoisotopic (exact) mass is 280 g/mol. The zero-order valence-corrected chi connectivity index (χ0v) is 12.9. The third-order valence-corrected chi connectivity index (χ3v) is 5.86. The fourth-order valence-corrected chi connectivity index (χ4v) is 4.52. The molecule has 1 N–H and O–H groups in total. The molecule has 0 bridgehead atoms. The van der Waals surface area contributed by atoms with Gasteiger partial charge in [-0.25, -0.2) is 0 Å². The van der Waals surface area contributed by atoms with Gasteiger partial charge in [-0.2, -0.15) is 0 Å². The summed E-state index contributed by atoms with van der Waals surface area (Å²) in [6.45, 7) is 2.28. The van der Waals surface area contributed by atoms with Gasteiger partial charge in [0.15, 0.2) is 0 Å². The molecule has 1 fully saturated rings. The molecule has 1 unspecified atom stereocenters. The first-order valence-electron chi connectivity index (χ1n) is 8.40. The van der Waals surface area contributed by atoms with E-state index in [1.165, 1.54) is 41.2 Å². The smallest absolute Gasteiger partial charge is 0.0849 e. The van der Waals surface area contributed by atoms with Crippen molar-refractivity contribution in [3.05, 3.63) is 47.0 Å². The van der Waals surface area contributed by atoms with Gasteiger partial charge < -0.3 is 5.11 Å². The lowest BCUT2D eigenvalue weighted by Gasteiger charge is -2.38. The number of benzene rings is 2. The molecule has 0 amide bonds. The first kappa shape index (κ1) is 13.3. The summed E-state index contributed by atoms with van der Waals surface area (Å²) in [4.78, 5) is 0. The summed E-state index contributed by atoms with van der Waals surface area (Å²) in [5.74, 6) is 0. The Bertz CT molecular complexity index is 669. The molecule has 110 valence electrons. The second kappa shape index (κ2) is 4.84. The van der Waals surface area contributed by atoms with Crippen LogP contribution in [0.4, 0.5) is 0 Å². The molecule has 1 heteroatoms. The molecule has 0 radical (unpaired) electrons. The summed E-state index contributed by atoms with van der Waals surface area (Å²) in [7, 11) is 0. The molecule has 0 heterocycles. The normalized spacial score (nSPS) is 21.6. The van der Waals surface area contributed by atoms with Crippen molar-refractivity contribution in [2.24, 2.45) is 5.41 Å². The first-order valence-corrected chi connectivity index (χ1v) is 8.40. The van der Waals surface area contributed by atoms with Gasteiger partial charge in [-0.1, -0.05) is 56.5 Å². The van der Waals surface area contributed by atoms with Crippen LogP contribution in [0.25, 0.3) is 10.8 Å². The van der Waals surface area contributed by atoms with E-state index in [1.54, 1.807) is 0 Å². The molecule has 1 nitrogen and oxygen atoms in total. The first-order chi connectivity index (χ1) is 10.2. The summed E-state index contributed by atoms with van der Waals surface area (Å²) >= 11 is 0. The van der Waals surface area contributed by atoms with Gasteiger partial charge in [0, 0.05) is 0 Å². The third kappa shape index (κ3) is 2.02. The molecular weight excluding hydrogens is 256 g/mol. The van der Waals surface area contributed by atoms with Crippen molar-refractivity contribution in [3.8, 4) is 0 Å². The van der Waals surface area contributed by atoms with E-state index < -0.39 is 0 Å². The van der Waals surface area contributed by atoms with E-state index in [4.69, 9.17) is 0 Å². The van der Waals surface area contributed by atoms with Crippen LogP contribution in [0.1, 0.15) is 61.8 Å². The van der Waals surface area contributed by atoms with Crippen LogP contribution in [-0.2, 0) is 12.8 Å². The lowest BCUT2D eigenvalue weighted by molar-refractivity contribution is 0.00919. The molecule has 21 heavy (non-hydrogen) atoms. The van der Waals surface area contributed by atoms with Crippen molar-refractivity contribution in [2.75, 3.05) is 0 Å². The van der Waals surface area contributed by atoms with Gasteiger partial charge in [0.25, 0.3) is 0 Å². The van der Waals surface area contributed by atoms with Crippen molar-refractivity contribution >= 4 is 10.8 Å². The topological polar surface area (TPSA) is 20.2 Å². The van der Waals surface area contributed by atoms with Gasteiger partial charge in [-0.15, -0.1) is 0 Å². The average Bonchev–Trinajstić information content (AvgIpc) is 2.93. The van der Waals surface area contributed by atoms with Crippen molar-refractivity contribution in [2.45, 2.75) is 58.0 Å². The Morgan fingerprint density at radius 1 is 0.952 bits per heavy atom. The minimum absolute atomic E-state index is 0.0523. The highest BCUT2D eigenvalue weighted by Crippen LogP contribution is 2.47. The van der Waals surface area contributed by atoms with E-state index in [2.05, 4.69) is 37.3 Å². The van der Waals surface area contributed by atoms with E-state index >= 15 is 0 Å². The number of rotatable bonds is 2. The van der Waals surface area contributed by atoms with Crippen LogP contribution in [0.3, 0.4) is 0 Å². The molecule has 0 aliphatic heterocycles. The fourth-order valence-electron chi connectivity index (χ4n) is 4.52. The standard InChI is InChI=1S/C20H24O/c1-20(12-3-2-4-13-20)19(21)17-11-10-15-9-8-14-6-5-7-16(17)18(14)15/h5-7,10-11,19,21H,2-4,8-9,12-13H2,1H3. The molecule has 2 aliphatic rings. The Balaban J connectivity index is 1.84. The van der Waals surface area contributed by atoms with Crippen LogP contribution in [0.5, 0.6) is 0 Å². The van der Waals surface area contributed by atoms with Gasteiger partial charge in [0.2, 0.25) is 0 Å². The number of aryl methyl sites for hydroxylation is 2. The highest BCUT2D eigenvalue weighted by molar-refractivity contribution is 5.93. The highest BCUT2D eigenvalue weighted by Gasteiger charge is 2.36. The van der Waals surface area contributed by atoms with E-state index in [0.29, 0.717) is 0 Å². The number of hydrogen-bond acceptors (Lipinski definition) is 1. The molecule has 2 aromatic rings. The summed E-state index contributed by atoms with van der Waals surface area (Å²) in [5, 5.41) is 13.8. The fraction of sp³-hybridized carbons (Fsp3) is 0.500. The van der Waals surface area contributed by atoms with E-state index in [1.807, 2.05) is 0 Å². The Morgan fingerprint density at radius 2 is 1.67 bits per heavy atom. The molecule has 0 saturated heterocycles. The SMILES string of the molecule is CC1(C(O)c2ccc3c4c(cccc24)CC3)CCCCC1. The van der Waals surface area contributed by atoms with Crippen LogP contribution >= 0.6 is 0 Å². The molecule has 2 aromatic carbocycles. The highest BCUT2D eigenvalue weighted by atomic mass is 16.3. The van der Waals surface area contributed by atoms with Crippen molar-refractivity contribution in [3.63, 3.8) is 0 Å². The summed E-state index contributed by atoms with van der Waals surface area (Å²) < 4.78 is 0. The van der Waals surface area contributed by atoms with Gasteiger partial charge in [0.1, 0.15) is 0 Å². The molecule has 0 aromatic heterocycles. The Kier molecular flexibility index (Phi) is 3.08. The summed E-state index contributed by atoms with van der Waals surface area (Å²) in [5.41, 5.74) is 4.13. The zero-order chi connectivity index (χ0) is 14.4. The number of aliphatic hydroxyl groups excluding tert-OH is 1. The lowest BCUT2D eigenvalue weighted by atomic mass is 9.69. The van der Waals surface area contributed by atoms with E-state index in [-0.39, 0.29) is 11.5 Å². The molecular formula is C20H24O. The lowest BCUT2D eigenvalue weighted by Crippen LogP contribution is -2.28. The zero-order valence-electron chi connectivity index (χ0n) is 12.9. The van der Waals surface area contributed by atoms with Crippen molar-refractivity contribution in [1.82, 2.24) is 0 Å². The van der Waals surface area contributed by atoms with Crippen LogP contribution in [0.15, 0.2) is 30.3 Å². The Hall–Kier alpha value is -1.34. The molecule has 1 saturated carbocycles. The maximum absolute atomic E-state index is 11.1. The minimum Gasteiger partial charge on any atom is -0.388 e. The maximum atomic E-state index is 11.1. The predicted molar refractivity (Wildman–Crippen MR) is 87.5 cm³/mol. The summed E-state index contributed by atoms with van der Waals surface area (Å²) in [6.07, 6.45) is 8.12. The minimum atomic E-state index is -0.331. The van der Waals surface area contributed by atoms with Gasteiger partial charge in [-0.05, 0) is 58.6 Å². The molecule has 2 aliphatic carbocycles. The maximum Gasteiger partial charge on any atom is 0.0849 e. The number of hydrogen-bond donors (Lipinski definition) is 1. The third-order valence-electron chi connectivity index (χ3n) is 5.86. The molecule has 0 spiro atoms. The van der Waals surface area contributed by atoms with Crippen molar-refractivity contribution < 1.29 is 5.11 Å². The summed E-state index contributed by atoms with van der Waals surface area (Å²) in [6, 6.07) is 11.1. The van der Waals surface area contributed by atoms with E-state index in [9.17, 15) is 5.11 Å². The van der Waals surface area contributed by atoms with Crippen LogP contribution < -0.4 is 0 Å². The van der Waals surface area contributed by atoms with Crippen LogP contribution in [0.2, 0.25) is 0 Å². The Labute approximate surface area is 127 Å². The van der Waals surface area contributed by atoms with Crippen LogP contribution in [-0.4, -0.2) is 5.11 Å². The molecule has 1 atom stereocenters. The predicted octanol–water partition coefficient (Wildman–Crippen LogP) is 4.94. The Morgan fingerprint density at radius 3 is 2.43 bits per heavy atom. The molecule has 4 rings (SSSR count). The van der Waals surface area contributed by atoms with E-state index in [0.717, 1.165) is 31.2 Å². The quantitative estimate of drug-likeness (QED) is 0.826. The van der Waals surface area contributed by atoms with Gasteiger partial charge in [0.05, 0.1) is 6.10 Å².